The van der Waals surface area contributed by atoms with Gasteiger partial charge in [0.15, 0.2) is 5.82 Å². The summed E-state index contributed by atoms with van der Waals surface area (Å²) in [4.78, 5) is 27.6. The van der Waals surface area contributed by atoms with Gasteiger partial charge in [-0.15, -0.1) is 0 Å². The van der Waals surface area contributed by atoms with E-state index in [1.807, 2.05) is 12.1 Å². The van der Waals surface area contributed by atoms with E-state index in [1.54, 1.807) is 42.5 Å². The molecule has 3 heterocycles. The first kappa shape index (κ1) is 18.2. The van der Waals surface area contributed by atoms with Crippen LogP contribution in [-0.2, 0) is 4.74 Å². The largest absolute Gasteiger partial charge is 0.370 e. The van der Waals surface area contributed by atoms with Crippen molar-refractivity contribution in [1.82, 2.24) is 19.9 Å². The Balaban J connectivity index is 1.53. The van der Waals surface area contributed by atoms with E-state index in [0.717, 1.165) is 11.1 Å². The molecule has 28 heavy (non-hydrogen) atoms. The Labute approximate surface area is 162 Å². The zero-order chi connectivity index (χ0) is 19.5. The van der Waals surface area contributed by atoms with Gasteiger partial charge in [-0.05, 0) is 36.8 Å². The number of benzene rings is 1. The molecule has 0 N–H and O–H groups in total. The van der Waals surface area contributed by atoms with Crippen LogP contribution in [0.3, 0.4) is 0 Å². The highest BCUT2D eigenvalue weighted by Crippen LogP contribution is 2.24. The Morgan fingerprint density at radius 3 is 2.75 bits per heavy atom. The number of amides is 1. The summed E-state index contributed by atoms with van der Waals surface area (Å²) < 4.78 is 18.9. The molecular formula is C21H19FN4O2. The standard InChI is InChI=1S/C21H19FN4O2/c1-14-18(12-24-20(25-14)16-3-2-8-23-11-16)21(27)26-9-10-28-19(13-26)15-4-6-17(22)7-5-15/h2-8,11-12,19H,9-10,13H2,1H3/t19-/m0/s1. The second kappa shape index (κ2) is 7.82. The topological polar surface area (TPSA) is 68.2 Å². The van der Waals surface area contributed by atoms with E-state index >= 15 is 0 Å². The van der Waals surface area contributed by atoms with Gasteiger partial charge in [0.1, 0.15) is 11.9 Å². The molecule has 3 aromatic rings. The van der Waals surface area contributed by atoms with Crippen LogP contribution in [0.15, 0.2) is 55.0 Å². The van der Waals surface area contributed by atoms with Gasteiger partial charge >= 0.3 is 0 Å². The number of halogens is 1. The summed E-state index contributed by atoms with van der Waals surface area (Å²) in [5.74, 6) is 0.105. The lowest BCUT2D eigenvalue weighted by Crippen LogP contribution is -2.42. The van der Waals surface area contributed by atoms with Gasteiger partial charge in [-0.1, -0.05) is 12.1 Å². The number of hydrogen-bond donors (Lipinski definition) is 0. The van der Waals surface area contributed by atoms with Gasteiger partial charge in [0.05, 0.1) is 24.4 Å². The molecule has 7 heteroatoms. The molecule has 1 atom stereocenters. The number of rotatable bonds is 3. The molecule has 1 aromatic carbocycles. The molecule has 0 radical (unpaired) electrons. The van der Waals surface area contributed by atoms with Gasteiger partial charge < -0.3 is 9.64 Å². The van der Waals surface area contributed by atoms with Crippen LogP contribution in [-0.4, -0.2) is 45.5 Å². The molecule has 1 amide bonds. The van der Waals surface area contributed by atoms with E-state index in [9.17, 15) is 9.18 Å². The second-order valence-electron chi connectivity index (χ2n) is 6.60. The Morgan fingerprint density at radius 2 is 2.04 bits per heavy atom. The number of pyridine rings is 1. The van der Waals surface area contributed by atoms with E-state index in [-0.39, 0.29) is 17.8 Å². The minimum Gasteiger partial charge on any atom is -0.370 e. The average molecular weight is 378 g/mol. The zero-order valence-corrected chi connectivity index (χ0v) is 15.4. The third kappa shape index (κ3) is 3.75. The van der Waals surface area contributed by atoms with Crippen molar-refractivity contribution in [3.05, 3.63) is 77.6 Å². The fourth-order valence-corrected chi connectivity index (χ4v) is 3.19. The SMILES string of the molecule is Cc1nc(-c2cccnc2)ncc1C(=O)N1CCO[C@H](c2ccc(F)cc2)C1. The molecule has 0 unspecified atom stereocenters. The molecule has 1 saturated heterocycles. The third-order valence-electron chi connectivity index (χ3n) is 4.72. The quantitative estimate of drug-likeness (QED) is 0.700. The molecule has 142 valence electrons. The number of nitrogens with zero attached hydrogens (tertiary/aromatic N) is 4. The number of aromatic nitrogens is 3. The fraction of sp³-hybridized carbons (Fsp3) is 0.238. The lowest BCUT2D eigenvalue weighted by Gasteiger charge is -2.33. The van der Waals surface area contributed by atoms with Crippen LogP contribution in [0.5, 0.6) is 0 Å². The maximum absolute atomic E-state index is 13.2. The van der Waals surface area contributed by atoms with Crippen molar-refractivity contribution in [2.45, 2.75) is 13.0 Å². The summed E-state index contributed by atoms with van der Waals surface area (Å²) >= 11 is 0. The molecule has 4 rings (SSSR count). The summed E-state index contributed by atoms with van der Waals surface area (Å²) in [6.45, 7) is 3.10. The summed E-state index contributed by atoms with van der Waals surface area (Å²) in [7, 11) is 0. The first-order valence-electron chi connectivity index (χ1n) is 9.02. The number of ether oxygens (including phenoxy) is 1. The predicted octanol–water partition coefficient (Wildman–Crippen LogP) is 3.20. The van der Waals surface area contributed by atoms with Crippen molar-refractivity contribution in [1.29, 1.82) is 0 Å². The molecule has 6 nitrogen and oxygen atoms in total. The van der Waals surface area contributed by atoms with Crippen LogP contribution in [0.4, 0.5) is 4.39 Å². The third-order valence-corrected chi connectivity index (χ3v) is 4.72. The van der Waals surface area contributed by atoms with E-state index in [1.165, 1.54) is 12.1 Å². The van der Waals surface area contributed by atoms with Gasteiger partial charge in [-0.3, -0.25) is 9.78 Å². The van der Waals surface area contributed by atoms with Crippen molar-refractivity contribution in [3.8, 4) is 11.4 Å². The smallest absolute Gasteiger partial charge is 0.257 e. The van der Waals surface area contributed by atoms with Crippen LogP contribution >= 0.6 is 0 Å². The molecule has 1 aliphatic heterocycles. The summed E-state index contributed by atoms with van der Waals surface area (Å²) in [6, 6.07) is 9.86. The molecule has 1 aliphatic rings. The summed E-state index contributed by atoms with van der Waals surface area (Å²) in [5, 5.41) is 0. The van der Waals surface area contributed by atoms with Crippen LogP contribution in [0, 0.1) is 12.7 Å². The molecule has 0 saturated carbocycles. The van der Waals surface area contributed by atoms with E-state index in [0.29, 0.717) is 36.8 Å². The molecule has 1 fully saturated rings. The Morgan fingerprint density at radius 1 is 1.21 bits per heavy atom. The maximum Gasteiger partial charge on any atom is 0.257 e. The Hall–Kier alpha value is -3.19. The number of aryl methyl sites for hydroxylation is 1. The molecule has 0 spiro atoms. The van der Waals surface area contributed by atoms with E-state index < -0.39 is 0 Å². The first-order chi connectivity index (χ1) is 13.6. The molecule has 2 aromatic heterocycles. The number of carbonyl (C=O) groups is 1. The minimum atomic E-state index is -0.297. The molecule has 0 bridgehead atoms. The number of carbonyl (C=O) groups excluding carboxylic acids is 1. The van der Waals surface area contributed by atoms with Crippen LogP contribution < -0.4 is 0 Å². The monoisotopic (exact) mass is 378 g/mol. The van der Waals surface area contributed by atoms with Crippen molar-refractivity contribution < 1.29 is 13.9 Å². The van der Waals surface area contributed by atoms with E-state index in [4.69, 9.17) is 4.74 Å². The number of morpholine rings is 1. The van der Waals surface area contributed by atoms with Gasteiger partial charge in [0.2, 0.25) is 0 Å². The summed E-state index contributed by atoms with van der Waals surface area (Å²) in [6.07, 6.45) is 4.65. The van der Waals surface area contributed by atoms with Gasteiger partial charge in [0, 0.05) is 30.7 Å². The Kier molecular flexibility index (Phi) is 5.08. The van der Waals surface area contributed by atoms with Crippen molar-refractivity contribution in [3.63, 3.8) is 0 Å². The normalized spacial score (nSPS) is 16.8. The van der Waals surface area contributed by atoms with Crippen LogP contribution in [0.1, 0.15) is 27.7 Å². The van der Waals surface area contributed by atoms with Crippen LogP contribution in [0.2, 0.25) is 0 Å². The molecule has 0 aliphatic carbocycles. The molecular weight excluding hydrogens is 359 g/mol. The first-order valence-corrected chi connectivity index (χ1v) is 9.02. The minimum absolute atomic E-state index is 0.134. The second-order valence-corrected chi connectivity index (χ2v) is 6.60. The van der Waals surface area contributed by atoms with Gasteiger partial charge in [0.25, 0.3) is 5.91 Å². The maximum atomic E-state index is 13.2. The lowest BCUT2D eigenvalue weighted by atomic mass is 10.1. The van der Waals surface area contributed by atoms with Gasteiger partial charge in [-0.2, -0.15) is 0 Å². The zero-order valence-electron chi connectivity index (χ0n) is 15.4. The highest BCUT2D eigenvalue weighted by molar-refractivity contribution is 5.95. The van der Waals surface area contributed by atoms with Crippen molar-refractivity contribution in [2.24, 2.45) is 0 Å². The van der Waals surface area contributed by atoms with E-state index in [2.05, 4.69) is 15.0 Å². The average Bonchev–Trinajstić information content (AvgIpc) is 2.74. The van der Waals surface area contributed by atoms with Gasteiger partial charge in [-0.25, -0.2) is 14.4 Å². The predicted molar refractivity (Wildman–Crippen MR) is 101 cm³/mol. The fourth-order valence-electron chi connectivity index (χ4n) is 3.19. The number of hydrogen-bond acceptors (Lipinski definition) is 5. The summed E-state index contributed by atoms with van der Waals surface area (Å²) in [5.41, 5.74) is 2.72. The lowest BCUT2D eigenvalue weighted by molar-refractivity contribution is -0.0229. The van der Waals surface area contributed by atoms with Crippen molar-refractivity contribution >= 4 is 5.91 Å². The van der Waals surface area contributed by atoms with Crippen LogP contribution in [0.25, 0.3) is 11.4 Å². The highest BCUT2D eigenvalue weighted by Gasteiger charge is 2.27. The Bertz CT molecular complexity index is 979. The highest BCUT2D eigenvalue weighted by atomic mass is 19.1. The van der Waals surface area contributed by atoms with Crippen molar-refractivity contribution in [2.75, 3.05) is 19.7 Å².